The van der Waals surface area contributed by atoms with Crippen LogP contribution in [0.3, 0.4) is 0 Å². The van der Waals surface area contributed by atoms with Crippen LogP contribution in [0.1, 0.15) is 44.9 Å². The van der Waals surface area contributed by atoms with Gasteiger partial charge in [-0.25, -0.2) is 0 Å². The Balaban J connectivity index is 1.80. The predicted octanol–water partition coefficient (Wildman–Crippen LogP) is 2.10. The Kier molecular flexibility index (Phi) is 3.49. The minimum absolute atomic E-state index is 0.0925. The number of nitriles is 1. The van der Waals surface area contributed by atoms with Crippen molar-refractivity contribution >= 4 is 5.91 Å². The molecule has 0 aromatic heterocycles. The lowest BCUT2D eigenvalue weighted by Crippen LogP contribution is -2.53. The molecule has 3 aliphatic rings. The van der Waals surface area contributed by atoms with E-state index in [0.29, 0.717) is 38.0 Å². The molecule has 2 heterocycles. The molecule has 1 saturated carbocycles. The van der Waals surface area contributed by atoms with Gasteiger partial charge < -0.3 is 9.64 Å². The molecule has 2 aliphatic heterocycles. The maximum atomic E-state index is 12.9. The Morgan fingerprint density at radius 1 is 1.21 bits per heavy atom. The first kappa shape index (κ1) is 12.9. The lowest BCUT2D eigenvalue weighted by atomic mass is 9.78. The van der Waals surface area contributed by atoms with Crippen LogP contribution < -0.4 is 0 Å². The van der Waals surface area contributed by atoms with Crippen LogP contribution in [0.2, 0.25) is 0 Å². The van der Waals surface area contributed by atoms with Crippen molar-refractivity contribution < 1.29 is 9.53 Å². The SMILES string of the molecule is N#CC1(C(=O)N2CCCC3CCCC32)CCOCC1. The Bertz CT molecular complexity index is 395. The molecule has 0 spiro atoms. The van der Waals surface area contributed by atoms with Gasteiger partial charge >= 0.3 is 0 Å². The Morgan fingerprint density at radius 3 is 2.68 bits per heavy atom. The molecule has 4 heteroatoms. The van der Waals surface area contributed by atoms with Crippen LogP contribution in [-0.4, -0.2) is 36.6 Å². The van der Waals surface area contributed by atoms with Crippen molar-refractivity contribution in [3.63, 3.8) is 0 Å². The summed E-state index contributed by atoms with van der Waals surface area (Å²) in [5.74, 6) is 0.781. The fourth-order valence-corrected chi connectivity index (χ4v) is 4.07. The van der Waals surface area contributed by atoms with E-state index in [1.165, 1.54) is 19.3 Å². The highest BCUT2D eigenvalue weighted by molar-refractivity contribution is 5.86. The second-order valence-corrected chi connectivity index (χ2v) is 6.21. The van der Waals surface area contributed by atoms with Gasteiger partial charge in [0.25, 0.3) is 0 Å². The van der Waals surface area contributed by atoms with Gasteiger partial charge in [0.15, 0.2) is 0 Å². The van der Waals surface area contributed by atoms with Crippen LogP contribution in [-0.2, 0) is 9.53 Å². The third kappa shape index (κ3) is 2.14. The summed E-state index contributed by atoms with van der Waals surface area (Å²) < 4.78 is 5.33. The van der Waals surface area contributed by atoms with Crippen molar-refractivity contribution in [2.45, 2.75) is 51.0 Å². The van der Waals surface area contributed by atoms with Gasteiger partial charge in [0, 0.05) is 25.8 Å². The van der Waals surface area contributed by atoms with Crippen LogP contribution in [0.5, 0.6) is 0 Å². The number of fused-ring (bicyclic) bond motifs is 1. The first-order chi connectivity index (χ1) is 9.27. The Morgan fingerprint density at radius 2 is 1.95 bits per heavy atom. The number of carbonyl (C=O) groups excluding carboxylic acids is 1. The number of rotatable bonds is 1. The van der Waals surface area contributed by atoms with Crippen LogP contribution in [0.25, 0.3) is 0 Å². The number of piperidine rings is 1. The molecule has 4 nitrogen and oxygen atoms in total. The summed E-state index contributed by atoms with van der Waals surface area (Å²) in [6, 6.07) is 2.73. The minimum Gasteiger partial charge on any atom is -0.381 e. The second kappa shape index (κ2) is 5.13. The maximum absolute atomic E-state index is 12.9. The lowest BCUT2D eigenvalue weighted by molar-refractivity contribution is -0.148. The molecular formula is C15H22N2O2. The monoisotopic (exact) mass is 262 g/mol. The first-order valence-electron chi connectivity index (χ1n) is 7.57. The summed E-state index contributed by atoms with van der Waals surface area (Å²) in [4.78, 5) is 14.9. The van der Waals surface area contributed by atoms with Crippen LogP contribution in [0.15, 0.2) is 0 Å². The van der Waals surface area contributed by atoms with Crippen molar-refractivity contribution in [1.82, 2.24) is 4.90 Å². The Labute approximate surface area is 114 Å². The zero-order chi connectivity index (χ0) is 13.3. The van der Waals surface area contributed by atoms with Gasteiger partial charge in [0.1, 0.15) is 5.41 Å². The molecule has 19 heavy (non-hydrogen) atoms. The zero-order valence-corrected chi connectivity index (χ0v) is 11.4. The van der Waals surface area contributed by atoms with Gasteiger partial charge in [0.05, 0.1) is 6.07 Å². The summed E-state index contributed by atoms with van der Waals surface area (Å²) >= 11 is 0. The summed E-state index contributed by atoms with van der Waals surface area (Å²) in [5, 5.41) is 9.53. The van der Waals surface area contributed by atoms with Crippen molar-refractivity contribution in [2.24, 2.45) is 11.3 Å². The third-order valence-electron chi connectivity index (χ3n) is 5.22. The van der Waals surface area contributed by atoms with Gasteiger partial charge in [-0.1, -0.05) is 6.42 Å². The molecule has 1 amide bonds. The normalized spacial score (nSPS) is 33.5. The molecule has 3 rings (SSSR count). The first-order valence-corrected chi connectivity index (χ1v) is 7.57. The molecule has 0 radical (unpaired) electrons. The van der Waals surface area contributed by atoms with E-state index >= 15 is 0 Å². The van der Waals surface area contributed by atoms with E-state index in [9.17, 15) is 10.1 Å². The number of carbonyl (C=O) groups is 1. The van der Waals surface area contributed by atoms with Gasteiger partial charge in [-0.15, -0.1) is 0 Å². The molecule has 0 bridgehead atoms. The van der Waals surface area contributed by atoms with E-state index in [4.69, 9.17) is 4.74 Å². The van der Waals surface area contributed by atoms with E-state index in [2.05, 4.69) is 11.0 Å². The molecule has 0 N–H and O–H groups in total. The lowest BCUT2D eigenvalue weighted by Gasteiger charge is -2.42. The van der Waals surface area contributed by atoms with E-state index in [1.807, 2.05) is 0 Å². The molecule has 2 atom stereocenters. The quantitative estimate of drug-likeness (QED) is 0.727. The topological polar surface area (TPSA) is 53.3 Å². The molecule has 104 valence electrons. The van der Waals surface area contributed by atoms with E-state index in [-0.39, 0.29) is 5.91 Å². The highest BCUT2D eigenvalue weighted by Gasteiger charge is 2.47. The number of ether oxygens (including phenoxy) is 1. The molecule has 2 saturated heterocycles. The highest BCUT2D eigenvalue weighted by Crippen LogP contribution is 2.40. The number of amides is 1. The highest BCUT2D eigenvalue weighted by atomic mass is 16.5. The van der Waals surface area contributed by atoms with Crippen molar-refractivity contribution in [2.75, 3.05) is 19.8 Å². The minimum atomic E-state index is -0.803. The number of nitrogens with zero attached hydrogens (tertiary/aromatic N) is 2. The van der Waals surface area contributed by atoms with Gasteiger partial charge in [0.2, 0.25) is 5.91 Å². The Hall–Kier alpha value is -1.08. The van der Waals surface area contributed by atoms with Gasteiger partial charge in [-0.05, 0) is 44.4 Å². The van der Waals surface area contributed by atoms with Crippen LogP contribution >= 0.6 is 0 Å². The standard InChI is InChI=1S/C15H22N2O2/c16-11-15(6-9-19-10-7-15)14(18)17-8-2-4-12-3-1-5-13(12)17/h12-13H,1-10H2. The van der Waals surface area contributed by atoms with E-state index < -0.39 is 5.41 Å². The van der Waals surface area contributed by atoms with Gasteiger partial charge in [-0.3, -0.25) is 4.79 Å². The largest absolute Gasteiger partial charge is 0.381 e. The molecule has 1 aliphatic carbocycles. The summed E-state index contributed by atoms with van der Waals surface area (Å²) in [5.41, 5.74) is -0.803. The molecule has 0 aromatic rings. The van der Waals surface area contributed by atoms with Gasteiger partial charge in [-0.2, -0.15) is 5.26 Å². The number of hydrogen-bond donors (Lipinski definition) is 0. The molecule has 0 aromatic carbocycles. The molecule has 2 unspecified atom stereocenters. The average molecular weight is 262 g/mol. The fourth-order valence-electron chi connectivity index (χ4n) is 4.07. The smallest absolute Gasteiger partial charge is 0.243 e. The number of hydrogen-bond acceptors (Lipinski definition) is 3. The van der Waals surface area contributed by atoms with Crippen molar-refractivity contribution in [1.29, 1.82) is 5.26 Å². The van der Waals surface area contributed by atoms with Crippen LogP contribution in [0, 0.1) is 22.7 Å². The zero-order valence-electron chi connectivity index (χ0n) is 11.4. The summed E-state index contributed by atoms with van der Waals surface area (Å²) in [7, 11) is 0. The molecule has 3 fully saturated rings. The van der Waals surface area contributed by atoms with Crippen molar-refractivity contribution in [3.8, 4) is 6.07 Å². The second-order valence-electron chi connectivity index (χ2n) is 6.21. The van der Waals surface area contributed by atoms with Crippen molar-refractivity contribution in [3.05, 3.63) is 0 Å². The predicted molar refractivity (Wildman–Crippen MR) is 70.2 cm³/mol. The maximum Gasteiger partial charge on any atom is 0.243 e. The summed E-state index contributed by atoms with van der Waals surface area (Å²) in [6.45, 7) is 1.94. The van der Waals surface area contributed by atoms with Crippen LogP contribution in [0.4, 0.5) is 0 Å². The van der Waals surface area contributed by atoms with E-state index in [1.54, 1.807) is 0 Å². The average Bonchev–Trinajstić information content (AvgIpc) is 2.95. The molecular weight excluding hydrogens is 240 g/mol. The van der Waals surface area contributed by atoms with E-state index in [0.717, 1.165) is 19.4 Å². The number of likely N-dealkylation sites (tertiary alicyclic amines) is 1. The third-order valence-corrected chi connectivity index (χ3v) is 5.22. The fraction of sp³-hybridized carbons (Fsp3) is 0.867. The summed E-state index contributed by atoms with van der Waals surface area (Å²) in [6.07, 6.45) is 7.13.